The number of carbonyl (C=O) groups is 1. The molecule has 0 saturated carbocycles. The molecular weight excluding hydrogens is 260 g/mol. The highest BCUT2D eigenvalue weighted by Gasteiger charge is 2.33. The Morgan fingerprint density at radius 1 is 1.60 bits per heavy atom. The molecule has 1 atom stereocenters. The van der Waals surface area contributed by atoms with Crippen molar-refractivity contribution in [1.29, 1.82) is 0 Å². The molecule has 1 saturated heterocycles. The van der Waals surface area contributed by atoms with Gasteiger partial charge in [-0.25, -0.2) is 0 Å². The fraction of sp³-hybridized carbons (Fsp3) is 0.600. The zero-order chi connectivity index (χ0) is 11.0. The first-order valence-electron chi connectivity index (χ1n) is 4.92. The van der Waals surface area contributed by atoms with Gasteiger partial charge in [0.2, 0.25) is 11.8 Å². The Bertz CT molecular complexity index is 389. The van der Waals surface area contributed by atoms with Crippen LogP contribution in [0.2, 0.25) is 0 Å². The van der Waals surface area contributed by atoms with Crippen molar-refractivity contribution in [3.63, 3.8) is 0 Å². The summed E-state index contributed by atoms with van der Waals surface area (Å²) in [6.07, 6.45) is 0.588. The molecule has 1 aliphatic rings. The van der Waals surface area contributed by atoms with E-state index in [1.54, 1.807) is 4.90 Å². The lowest BCUT2D eigenvalue weighted by atomic mass is 10.2. The SMILES string of the molecule is Cc1noc(N2CC(CBr)CC2=O)c1C. The zero-order valence-corrected chi connectivity index (χ0v) is 10.4. The molecule has 82 valence electrons. The fourth-order valence-electron chi connectivity index (χ4n) is 1.74. The first-order chi connectivity index (χ1) is 7.13. The first-order valence-corrected chi connectivity index (χ1v) is 6.04. The third-order valence-corrected chi connectivity index (χ3v) is 3.72. The maximum absolute atomic E-state index is 11.7. The number of carbonyl (C=O) groups excluding carboxylic acids is 1. The third-order valence-electron chi connectivity index (χ3n) is 2.80. The van der Waals surface area contributed by atoms with E-state index in [9.17, 15) is 4.79 Å². The van der Waals surface area contributed by atoms with Gasteiger partial charge < -0.3 is 4.52 Å². The summed E-state index contributed by atoms with van der Waals surface area (Å²) < 4.78 is 5.18. The summed E-state index contributed by atoms with van der Waals surface area (Å²) in [4.78, 5) is 13.4. The van der Waals surface area contributed by atoms with Crippen LogP contribution in [0.1, 0.15) is 17.7 Å². The van der Waals surface area contributed by atoms with Gasteiger partial charge in [-0.3, -0.25) is 9.69 Å². The molecule has 0 radical (unpaired) electrons. The number of amides is 1. The van der Waals surface area contributed by atoms with Crippen LogP contribution in [0.25, 0.3) is 0 Å². The van der Waals surface area contributed by atoms with Crippen LogP contribution in [0.4, 0.5) is 5.88 Å². The van der Waals surface area contributed by atoms with E-state index in [0.29, 0.717) is 18.2 Å². The molecule has 0 spiro atoms. The van der Waals surface area contributed by atoms with Gasteiger partial charge in [-0.15, -0.1) is 0 Å². The first kappa shape index (κ1) is 10.7. The highest BCUT2D eigenvalue weighted by molar-refractivity contribution is 9.09. The van der Waals surface area contributed by atoms with E-state index >= 15 is 0 Å². The Labute approximate surface area is 96.7 Å². The molecular formula is C10H13BrN2O2. The number of hydrogen-bond donors (Lipinski definition) is 0. The Morgan fingerprint density at radius 2 is 2.33 bits per heavy atom. The Kier molecular flexibility index (Phi) is 2.82. The van der Waals surface area contributed by atoms with Gasteiger partial charge in [0.1, 0.15) is 0 Å². The van der Waals surface area contributed by atoms with Gasteiger partial charge in [0, 0.05) is 23.9 Å². The number of anilines is 1. The third kappa shape index (κ3) is 1.80. The van der Waals surface area contributed by atoms with Gasteiger partial charge in [-0.1, -0.05) is 21.1 Å². The summed E-state index contributed by atoms with van der Waals surface area (Å²) in [5.74, 6) is 1.11. The van der Waals surface area contributed by atoms with Crippen molar-refractivity contribution in [3.8, 4) is 0 Å². The van der Waals surface area contributed by atoms with Crippen molar-refractivity contribution in [3.05, 3.63) is 11.3 Å². The summed E-state index contributed by atoms with van der Waals surface area (Å²) in [6, 6.07) is 0. The van der Waals surface area contributed by atoms with Crippen LogP contribution in [0.15, 0.2) is 4.52 Å². The van der Waals surface area contributed by atoms with E-state index in [-0.39, 0.29) is 5.91 Å². The predicted octanol–water partition coefficient (Wildman–Crippen LogP) is 2.04. The van der Waals surface area contributed by atoms with Crippen molar-refractivity contribution in [1.82, 2.24) is 5.16 Å². The summed E-state index contributed by atoms with van der Waals surface area (Å²) in [5.41, 5.74) is 1.80. The van der Waals surface area contributed by atoms with Gasteiger partial charge in [-0.2, -0.15) is 0 Å². The highest BCUT2D eigenvalue weighted by Crippen LogP contribution is 2.29. The fourth-order valence-corrected chi connectivity index (χ4v) is 2.17. The van der Waals surface area contributed by atoms with Crippen LogP contribution in [0, 0.1) is 19.8 Å². The molecule has 1 amide bonds. The van der Waals surface area contributed by atoms with Gasteiger partial charge in [-0.05, 0) is 19.8 Å². The van der Waals surface area contributed by atoms with Crippen LogP contribution in [0.3, 0.4) is 0 Å². The van der Waals surface area contributed by atoms with E-state index in [1.165, 1.54) is 0 Å². The van der Waals surface area contributed by atoms with Crippen LogP contribution >= 0.6 is 15.9 Å². The summed E-state index contributed by atoms with van der Waals surface area (Å²) >= 11 is 3.40. The molecule has 1 aromatic heterocycles. The maximum Gasteiger partial charge on any atom is 0.237 e. The largest absolute Gasteiger partial charge is 0.338 e. The van der Waals surface area contributed by atoms with E-state index < -0.39 is 0 Å². The van der Waals surface area contributed by atoms with E-state index in [1.807, 2.05) is 13.8 Å². The number of hydrogen-bond acceptors (Lipinski definition) is 3. The van der Waals surface area contributed by atoms with E-state index in [4.69, 9.17) is 4.52 Å². The molecule has 4 nitrogen and oxygen atoms in total. The maximum atomic E-state index is 11.7. The van der Waals surface area contributed by atoms with Gasteiger partial charge in [0.25, 0.3) is 0 Å². The number of aromatic nitrogens is 1. The van der Waals surface area contributed by atoms with Crippen molar-refractivity contribution in [2.24, 2.45) is 5.92 Å². The molecule has 1 aromatic rings. The van der Waals surface area contributed by atoms with Crippen LogP contribution in [-0.4, -0.2) is 22.9 Å². The molecule has 2 rings (SSSR count). The lowest BCUT2D eigenvalue weighted by Gasteiger charge is -2.12. The Balaban J connectivity index is 2.25. The smallest absolute Gasteiger partial charge is 0.237 e. The molecule has 0 aromatic carbocycles. The number of alkyl halides is 1. The second kappa shape index (κ2) is 3.96. The number of rotatable bonds is 2. The molecule has 1 aliphatic heterocycles. The zero-order valence-electron chi connectivity index (χ0n) is 8.79. The second-order valence-electron chi connectivity index (χ2n) is 3.93. The average Bonchev–Trinajstić information content (AvgIpc) is 2.73. The number of halogens is 1. The van der Waals surface area contributed by atoms with Crippen molar-refractivity contribution >= 4 is 27.7 Å². The lowest BCUT2D eigenvalue weighted by molar-refractivity contribution is -0.117. The van der Waals surface area contributed by atoms with Crippen molar-refractivity contribution < 1.29 is 9.32 Å². The minimum Gasteiger partial charge on any atom is -0.338 e. The van der Waals surface area contributed by atoms with Crippen LogP contribution < -0.4 is 4.90 Å². The minimum absolute atomic E-state index is 0.124. The minimum atomic E-state index is 0.124. The van der Waals surface area contributed by atoms with Gasteiger partial charge in [0.15, 0.2) is 0 Å². The van der Waals surface area contributed by atoms with Gasteiger partial charge in [0.05, 0.1) is 5.69 Å². The van der Waals surface area contributed by atoms with E-state index in [2.05, 4.69) is 21.1 Å². The monoisotopic (exact) mass is 272 g/mol. The molecule has 0 aliphatic carbocycles. The number of nitrogens with zero attached hydrogens (tertiary/aromatic N) is 2. The quantitative estimate of drug-likeness (QED) is 0.775. The van der Waals surface area contributed by atoms with Crippen molar-refractivity contribution in [2.45, 2.75) is 20.3 Å². The summed E-state index contributed by atoms with van der Waals surface area (Å²) in [5, 5.41) is 4.71. The molecule has 1 unspecified atom stereocenters. The normalized spacial score (nSPS) is 21.4. The number of aryl methyl sites for hydroxylation is 1. The second-order valence-corrected chi connectivity index (χ2v) is 4.57. The molecule has 0 bridgehead atoms. The molecule has 1 fully saturated rings. The lowest BCUT2D eigenvalue weighted by Crippen LogP contribution is -2.24. The van der Waals surface area contributed by atoms with Crippen LogP contribution in [-0.2, 0) is 4.79 Å². The Hall–Kier alpha value is -0.840. The highest BCUT2D eigenvalue weighted by atomic mass is 79.9. The molecule has 15 heavy (non-hydrogen) atoms. The average molecular weight is 273 g/mol. The van der Waals surface area contributed by atoms with Crippen molar-refractivity contribution in [2.75, 3.05) is 16.8 Å². The van der Waals surface area contributed by atoms with Crippen LogP contribution in [0.5, 0.6) is 0 Å². The molecule has 0 N–H and O–H groups in total. The molecule has 5 heteroatoms. The van der Waals surface area contributed by atoms with Gasteiger partial charge >= 0.3 is 0 Å². The summed E-state index contributed by atoms with van der Waals surface area (Å²) in [7, 11) is 0. The Morgan fingerprint density at radius 3 is 2.80 bits per heavy atom. The topological polar surface area (TPSA) is 46.3 Å². The van der Waals surface area contributed by atoms with E-state index in [0.717, 1.165) is 23.1 Å². The molecule has 2 heterocycles. The summed E-state index contributed by atoms with van der Waals surface area (Å²) in [6.45, 7) is 4.53. The standard InChI is InChI=1S/C10H13BrN2O2/c1-6-7(2)12-15-10(6)13-5-8(4-11)3-9(13)14/h8H,3-5H2,1-2H3. The predicted molar refractivity (Wildman–Crippen MR) is 60.2 cm³/mol.